The van der Waals surface area contributed by atoms with Gasteiger partial charge in [0.05, 0.1) is 0 Å². The Labute approximate surface area is 121 Å². The van der Waals surface area contributed by atoms with Gasteiger partial charge in [0.15, 0.2) is 11.3 Å². The van der Waals surface area contributed by atoms with Gasteiger partial charge in [-0.1, -0.05) is 31.9 Å². The fourth-order valence-electron chi connectivity index (χ4n) is 2.19. The van der Waals surface area contributed by atoms with Gasteiger partial charge >= 0.3 is 11.7 Å². The monoisotopic (exact) mass is 293 g/mol. The standard InChI is InChI=1S/C13H19N5O3/c1-8(2)6-4-5-7-9-14-10(12(19)20)11-15-16-17(3)13(21)18(9)11/h8H,4-7H2,1-3H3,(H,19,20). The molecule has 21 heavy (non-hydrogen) atoms. The van der Waals surface area contributed by atoms with E-state index in [0.29, 0.717) is 18.2 Å². The molecule has 2 aromatic rings. The Morgan fingerprint density at radius 1 is 1.33 bits per heavy atom. The van der Waals surface area contributed by atoms with E-state index in [1.807, 2.05) is 0 Å². The van der Waals surface area contributed by atoms with Crippen LogP contribution in [0.5, 0.6) is 0 Å². The molecule has 0 unspecified atom stereocenters. The van der Waals surface area contributed by atoms with Crippen molar-refractivity contribution < 1.29 is 9.90 Å². The molecule has 2 aromatic heterocycles. The second kappa shape index (κ2) is 6.02. The number of carboxylic acids is 1. The van der Waals surface area contributed by atoms with Gasteiger partial charge in [0.2, 0.25) is 0 Å². The minimum Gasteiger partial charge on any atom is -0.476 e. The van der Waals surface area contributed by atoms with Crippen LogP contribution in [-0.2, 0) is 13.5 Å². The van der Waals surface area contributed by atoms with E-state index < -0.39 is 11.7 Å². The SMILES string of the molecule is CC(C)CCCCc1nc(C(=O)O)c2nnn(C)c(=O)n12. The number of aryl methyl sites for hydroxylation is 2. The molecule has 0 saturated heterocycles. The second-order valence-corrected chi connectivity index (χ2v) is 5.48. The van der Waals surface area contributed by atoms with Gasteiger partial charge in [-0.25, -0.2) is 19.0 Å². The molecule has 0 bridgehead atoms. The first-order chi connectivity index (χ1) is 9.91. The summed E-state index contributed by atoms with van der Waals surface area (Å²) in [6, 6.07) is 0. The summed E-state index contributed by atoms with van der Waals surface area (Å²) in [5.74, 6) is -0.152. The first kappa shape index (κ1) is 15.1. The maximum Gasteiger partial charge on any atom is 0.358 e. The highest BCUT2D eigenvalue weighted by Gasteiger charge is 2.20. The number of aromatic carboxylic acids is 1. The van der Waals surface area contributed by atoms with E-state index in [1.54, 1.807) is 0 Å². The van der Waals surface area contributed by atoms with E-state index >= 15 is 0 Å². The first-order valence-electron chi connectivity index (χ1n) is 6.96. The Bertz CT molecular complexity index is 716. The molecule has 8 heteroatoms. The summed E-state index contributed by atoms with van der Waals surface area (Å²) >= 11 is 0. The highest BCUT2D eigenvalue weighted by atomic mass is 16.4. The van der Waals surface area contributed by atoms with Gasteiger partial charge in [0.1, 0.15) is 5.82 Å². The Balaban J connectivity index is 2.36. The highest BCUT2D eigenvalue weighted by molar-refractivity contribution is 5.92. The molecule has 1 N–H and O–H groups in total. The van der Waals surface area contributed by atoms with Crippen molar-refractivity contribution in [1.29, 1.82) is 0 Å². The molecule has 2 rings (SSSR count). The number of carboxylic acid groups (broad SMARTS) is 1. The molecule has 0 radical (unpaired) electrons. The van der Waals surface area contributed by atoms with Gasteiger partial charge in [-0.3, -0.25) is 0 Å². The molecule has 0 aliphatic carbocycles. The number of hydrogen-bond acceptors (Lipinski definition) is 5. The summed E-state index contributed by atoms with van der Waals surface area (Å²) < 4.78 is 2.31. The van der Waals surface area contributed by atoms with Gasteiger partial charge in [-0.05, 0) is 12.3 Å². The maximum atomic E-state index is 12.1. The number of aromatic nitrogens is 5. The van der Waals surface area contributed by atoms with Crippen molar-refractivity contribution >= 4 is 11.6 Å². The lowest BCUT2D eigenvalue weighted by Crippen LogP contribution is -2.28. The molecule has 0 spiro atoms. The van der Waals surface area contributed by atoms with Gasteiger partial charge in [0, 0.05) is 13.5 Å². The van der Waals surface area contributed by atoms with Gasteiger partial charge in [0.25, 0.3) is 0 Å². The molecular weight excluding hydrogens is 274 g/mol. The smallest absolute Gasteiger partial charge is 0.358 e. The quantitative estimate of drug-likeness (QED) is 0.793. The van der Waals surface area contributed by atoms with Crippen LogP contribution >= 0.6 is 0 Å². The average Bonchev–Trinajstić information content (AvgIpc) is 2.78. The molecule has 8 nitrogen and oxygen atoms in total. The largest absolute Gasteiger partial charge is 0.476 e. The minimum atomic E-state index is -1.21. The van der Waals surface area contributed by atoms with Crippen LogP contribution in [0.2, 0.25) is 0 Å². The van der Waals surface area contributed by atoms with E-state index in [4.69, 9.17) is 5.11 Å². The van der Waals surface area contributed by atoms with E-state index in [9.17, 15) is 9.59 Å². The fourth-order valence-corrected chi connectivity index (χ4v) is 2.19. The summed E-state index contributed by atoms with van der Waals surface area (Å²) in [5, 5.41) is 16.5. The van der Waals surface area contributed by atoms with E-state index in [2.05, 4.69) is 29.1 Å². The van der Waals surface area contributed by atoms with Crippen LogP contribution < -0.4 is 5.69 Å². The number of unbranched alkanes of at least 4 members (excludes halogenated alkanes) is 1. The number of hydrogen-bond donors (Lipinski definition) is 1. The summed E-state index contributed by atoms with van der Waals surface area (Å²) in [6.45, 7) is 4.30. The molecule has 0 aliphatic heterocycles. The molecule has 0 fully saturated rings. The van der Waals surface area contributed by atoms with Gasteiger partial charge in [-0.2, -0.15) is 4.68 Å². The lowest BCUT2D eigenvalue weighted by Gasteiger charge is -2.04. The molecule has 0 saturated carbocycles. The third-order valence-corrected chi connectivity index (χ3v) is 3.30. The summed E-state index contributed by atoms with van der Waals surface area (Å²) in [4.78, 5) is 27.4. The summed E-state index contributed by atoms with van der Waals surface area (Å²) in [7, 11) is 1.47. The van der Waals surface area contributed by atoms with Gasteiger partial charge < -0.3 is 5.11 Å². The molecular formula is C13H19N5O3. The molecule has 0 aromatic carbocycles. The van der Waals surface area contributed by atoms with Crippen LogP contribution in [0.4, 0.5) is 0 Å². The lowest BCUT2D eigenvalue weighted by molar-refractivity contribution is 0.0692. The van der Waals surface area contributed by atoms with Crippen LogP contribution in [0.3, 0.4) is 0 Å². The third-order valence-electron chi connectivity index (χ3n) is 3.30. The molecule has 0 aliphatic rings. The molecule has 0 amide bonds. The fraction of sp³-hybridized carbons (Fsp3) is 0.615. The molecule has 2 heterocycles. The van der Waals surface area contributed by atoms with E-state index in [0.717, 1.165) is 23.9 Å². The Hall–Kier alpha value is -2.25. The van der Waals surface area contributed by atoms with E-state index in [-0.39, 0.29) is 11.3 Å². The second-order valence-electron chi connectivity index (χ2n) is 5.48. The number of nitrogens with zero attached hydrogens (tertiary/aromatic N) is 5. The highest BCUT2D eigenvalue weighted by Crippen LogP contribution is 2.13. The minimum absolute atomic E-state index is 0.00413. The summed E-state index contributed by atoms with van der Waals surface area (Å²) in [6.07, 6.45) is 3.49. The maximum absolute atomic E-state index is 12.1. The van der Waals surface area contributed by atoms with E-state index in [1.165, 1.54) is 11.4 Å². The summed E-state index contributed by atoms with van der Waals surface area (Å²) in [5.41, 5.74) is -0.651. The Morgan fingerprint density at radius 3 is 2.67 bits per heavy atom. The number of imidazole rings is 1. The third kappa shape index (κ3) is 3.09. The Kier molecular flexibility index (Phi) is 4.35. The van der Waals surface area contributed by atoms with Crippen molar-refractivity contribution in [3.8, 4) is 0 Å². The molecule has 114 valence electrons. The predicted molar refractivity (Wildman–Crippen MR) is 75.4 cm³/mol. The lowest BCUT2D eigenvalue weighted by atomic mass is 10.1. The van der Waals surface area contributed by atoms with Crippen molar-refractivity contribution in [2.75, 3.05) is 0 Å². The zero-order valence-corrected chi connectivity index (χ0v) is 12.4. The van der Waals surface area contributed by atoms with Crippen molar-refractivity contribution in [1.82, 2.24) is 24.4 Å². The van der Waals surface area contributed by atoms with Gasteiger partial charge in [-0.15, -0.1) is 5.10 Å². The van der Waals surface area contributed by atoms with Crippen LogP contribution in [0.15, 0.2) is 4.79 Å². The predicted octanol–water partition coefficient (Wildman–Crippen LogP) is 0.890. The van der Waals surface area contributed by atoms with Crippen molar-refractivity contribution in [3.05, 3.63) is 22.0 Å². The zero-order chi connectivity index (χ0) is 15.6. The first-order valence-corrected chi connectivity index (χ1v) is 6.96. The van der Waals surface area contributed by atoms with Crippen LogP contribution in [-0.4, -0.2) is 35.5 Å². The zero-order valence-electron chi connectivity index (χ0n) is 12.4. The number of carbonyl (C=O) groups is 1. The topological polar surface area (TPSA) is 102 Å². The number of rotatable bonds is 6. The van der Waals surface area contributed by atoms with Crippen LogP contribution in [0, 0.1) is 5.92 Å². The Morgan fingerprint density at radius 2 is 2.05 bits per heavy atom. The normalized spacial score (nSPS) is 11.4. The van der Waals surface area contributed by atoms with Crippen molar-refractivity contribution in [3.63, 3.8) is 0 Å². The van der Waals surface area contributed by atoms with Crippen molar-refractivity contribution in [2.45, 2.75) is 39.5 Å². The number of fused-ring (bicyclic) bond motifs is 1. The van der Waals surface area contributed by atoms with Crippen molar-refractivity contribution in [2.24, 2.45) is 13.0 Å². The molecule has 0 atom stereocenters. The average molecular weight is 293 g/mol. The van der Waals surface area contributed by atoms with Crippen LogP contribution in [0.25, 0.3) is 5.65 Å². The van der Waals surface area contributed by atoms with Crippen LogP contribution in [0.1, 0.15) is 49.4 Å².